The minimum atomic E-state index is -1.12. The molecule has 3 amide bonds. The Morgan fingerprint density at radius 2 is 1.28 bits per heavy atom. The minimum absolute atomic E-state index is 0.159. The molecule has 0 saturated heterocycles. The van der Waals surface area contributed by atoms with Crippen LogP contribution in [0.15, 0.2) is 48.7 Å². The topological polar surface area (TPSA) is 128 Å². The van der Waals surface area contributed by atoms with E-state index in [1.807, 2.05) is 0 Å². The number of hydrogen-bond acceptors (Lipinski definition) is 9. The molecule has 0 bridgehead atoms. The van der Waals surface area contributed by atoms with Crippen molar-refractivity contribution < 1.29 is 33.4 Å². The number of carbonyl (C=O) groups excluding carboxylic acids is 4. The lowest BCUT2D eigenvalue weighted by Gasteiger charge is -2.32. The Labute approximate surface area is 285 Å². The number of ether oxygens (including phenoxy) is 3. The van der Waals surface area contributed by atoms with Gasteiger partial charge >= 0.3 is 18.3 Å². The maximum Gasteiger partial charge on any atom is 0.425 e. The molecule has 0 N–H and O–H groups in total. The van der Waals surface area contributed by atoms with Gasteiger partial charge in [0.2, 0.25) is 0 Å². The summed E-state index contributed by atoms with van der Waals surface area (Å²) >= 11 is 13.1. The number of hydrogen-bond donors (Lipinski definition) is 0. The predicted molar refractivity (Wildman–Crippen MR) is 181 cm³/mol. The van der Waals surface area contributed by atoms with E-state index in [0.29, 0.717) is 21.6 Å². The van der Waals surface area contributed by atoms with E-state index in [-0.39, 0.29) is 40.3 Å². The van der Waals surface area contributed by atoms with E-state index < -0.39 is 35.1 Å². The van der Waals surface area contributed by atoms with Gasteiger partial charge < -0.3 is 19.0 Å². The number of aromatic nitrogens is 2. The van der Waals surface area contributed by atoms with Crippen LogP contribution in [0, 0.1) is 0 Å². The Morgan fingerprint density at radius 1 is 0.766 bits per heavy atom. The van der Waals surface area contributed by atoms with Crippen LogP contribution in [-0.2, 0) is 32.0 Å². The van der Waals surface area contributed by atoms with Crippen LogP contribution in [-0.4, -0.2) is 51.3 Å². The van der Waals surface area contributed by atoms with E-state index >= 15 is 0 Å². The molecule has 0 radical (unpaired) electrons. The zero-order valence-corrected chi connectivity index (χ0v) is 29.5. The van der Waals surface area contributed by atoms with Gasteiger partial charge in [0.15, 0.2) is 11.6 Å². The Hall–Kier alpha value is -4.22. The number of rotatable bonds is 7. The standard InChI is InChI=1S/C34H40Cl2N4O7/c1-32(2,3)45-29(42)39(20-23-24(35)14-11-15-25(23)36)28-27(37-19-26(38-28)22-13-10-12-21(18-22)16-17-41)40(30(43)46-33(4,5)6)31(44)47-34(7,8)9/h10-15,17-19H,16,20H2,1-9H3. The first kappa shape index (κ1) is 37.2. The van der Waals surface area contributed by atoms with Crippen molar-refractivity contribution >= 4 is 59.4 Å². The molecule has 0 aliphatic carbocycles. The van der Waals surface area contributed by atoms with Crippen LogP contribution in [0.5, 0.6) is 0 Å². The molecular formula is C34H40Cl2N4O7. The third-order valence-corrected chi connectivity index (χ3v) is 6.60. The van der Waals surface area contributed by atoms with E-state index in [2.05, 4.69) is 4.98 Å². The monoisotopic (exact) mass is 686 g/mol. The highest BCUT2D eigenvalue weighted by atomic mass is 35.5. The quantitative estimate of drug-likeness (QED) is 0.177. The lowest BCUT2D eigenvalue weighted by molar-refractivity contribution is -0.107. The van der Waals surface area contributed by atoms with Crippen molar-refractivity contribution in [3.63, 3.8) is 0 Å². The van der Waals surface area contributed by atoms with Gasteiger partial charge in [0.1, 0.15) is 23.1 Å². The van der Waals surface area contributed by atoms with Gasteiger partial charge in [-0.2, -0.15) is 4.90 Å². The Morgan fingerprint density at radius 3 is 1.79 bits per heavy atom. The summed E-state index contributed by atoms with van der Waals surface area (Å²) in [6.07, 6.45) is -0.880. The normalized spacial score (nSPS) is 11.8. The molecule has 2 aromatic carbocycles. The van der Waals surface area contributed by atoms with E-state index in [0.717, 1.165) is 11.2 Å². The first-order valence-corrected chi connectivity index (χ1v) is 15.5. The molecule has 252 valence electrons. The highest BCUT2D eigenvalue weighted by Gasteiger charge is 2.39. The van der Waals surface area contributed by atoms with Gasteiger partial charge in [-0.3, -0.25) is 4.90 Å². The van der Waals surface area contributed by atoms with Crippen LogP contribution >= 0.6 is 23.2 Å². The largest absolute Gasteiger partial charge is 0.443 e. The summed E-state index contributed by atoms with van der Waals surface area (Å²) < 4.78 is 16.9. The summed E-state index contributed by atoms with van der Waals surface area (Å²) in [5, 5.41) is 0.490. The maximum atomic E-state index is 14.0. The molecule has 13 heteroatoms. The van der Waals surface area contributed by atoms with Crippen LogP contribution in [0.2, 0.25) is 10.0 Å². The van der Waals surface area contributed by atoms with Gasteiger partial charge in [0.05, 0.1) is 18.4 Å². The molecule has 3 aromatic rings. The van der Waals surface area contributed by atoms with Crippen molar-refractivity contribution in [3.05, 3.63) is 69.8 Å². The molecule has 0 saturated carbocycles. The number of halogens is 2. The lowest BCUT2D eigenvalue weighted by Crippen LogP contribution is -2.46. The van der Waals surface area contributed by atoms with E-state index in [1.165, 1.54) is 6.20 Å². The Balaban J connectivity index is 2.40. The molecule has 0 aliphatic heterocycles. The lowest BCUT2D eigenvalue weighted by atomic mass is 10.1. The zero-order chi connectivity index (χ0) is 35.3. The van der Waals surface area contributed by atoms with Gasteiger partial charge in [-0.05, 0) is 86.1 Å². The minimum Gasteiger partial charge on any atom is -0.443 e. The van der Waals surface area contributed by atoms with E-state index in [9.17, 15) is 19.2 Å². The fraction of sp³-hybridized carbons (Fsp3) is 0.412. The molecule has 0 spiro atoms. The van der Waals surface area contributed by atoms with E-state index in [1.54, 1.807) is 105 Å². The van der Waals surface area contributed by atoms with Crippen molar-refractivity contribution in [3.8, 4) is 11.3 Å². The summed E-state index contributed by atoms with van der Waals surface area (Å²) in [7, 11) is 0. The number of imide groups is 1. The van der Waals surface area contributed by atoms with Gasteiger partial charge in [-0.1, -0.05) is 47.5 Å². The maximum absolute atomic E-state index is 14.0. The molecule has 0 unspecified atom stereocenters. The Bertz CT molecular complexity index is 1590. The third kappa shape index (κ3) is 10.7. The second kappa shape index (κ2) is 14.7. The molecule has 3 rings (SSSR count). The number of amides is 3. The van der Waals surface area contributed by atoms with Crippen molar-refractivity contribution in [1.82, 2.24) is 9.97 Å². The fourth-order valence-electron chi connectivity index (χ4n) is 4.05. The van der Waals surface area contributed by atoms with Gasteiger partial charge in [-0.15, -0.1) is 0 Å². The summed E-state index contributed by atoms with van der Waals surface area (Å²) in [5.41, 5.74) is -1.17. The number of aldehydes is 1. The first-order valence-electron chi connectivity index (χ1n) is 14.8. The highest BCUT2D eigenvalue weighted by Crippen LogP contribution is 2.35. The third-order valence-electron chi connectivity index (χ3n) is 5.89. The molecule has 0 atom stereocenters. The molecule has 1 aromatic heterocycles. The average molecular weight is 688 g/mol. The van der Waals surface area contributed by atoms with Crippen LogP contribution in [0.1, 0.15) is 73.4 Å². The van der Waals surface area contributed by atoms with Crippen LogP contribution < -0.4 is 9.80 Å². The van der Waals surface area contributed by atoms with Crippen LogP contribution in [0.3, 0.4) is 0 Å². The van der Waals surface area contributed by atoms with Gasteiger partial charge in [0.25, 0.3) is 0 Å². The molecule has 1 heterocycles. The summed E-state index contributed by atoms with van der Waals surface area (Å²) in [5.74, 6) is -0.638. The predicted octanol–water partition coefficient (Wildman–Crippen LogP) is 8.81. The van der Waals surface area contributed by atoms with Crippen LogP contribution in [0.25, 0.3) is 11.3 Å². The first-order chi connectivity index (χ1) is 21.7. The molecule has 47 heavy (non-hydrogen) atoms. The van der Waals surface area contributed by atoms with Gasteiger partial charge in [-0.25, -0.2) is 24.4 Å². The number of anilines is 2. The van der Waals surface area contributed by atoms with Gasteiger partial charge in [0, 0.05) is 27.6 Å². The molecule has 0 aliphatic rings. The second-order valence-electron chi connectivity index (χ2n) is 13.5. The molecule has 0 fully saturated rings. The summed E-state index contributed by atoms with van der Waals surface area (Å²) in [6.45, 7) is 14.5. The summed E-state index contributed by atoms with van der Waals surface area (Å²) in [6, 6.07) is 11.9. The number of carbonyl (C=O) groups is 4. The fourth-order valence-corrected chi connectivity index (χ4v) is 4.57. The van der Waals surface area contributed by atoms with Crippen LogP contribution in [0.4, 0.5) is 26.0 Å². The second-order valence-corrected chi connectivity index (χ2v) is 14.4. The van der Waals surface area contributed by atoms with Crippen molar-refractivity contribution in [2.75, 3.05) is 9.80 Å². The molecule has 11 nitrogen and oxygen atoms in total. The zero-order valence-electron chi connectivity index (χ0n) is 28.0. The molecular weight excluding hydrogens is 647 g/mol. The SMILES string of the molecule is CC(C)(C)OC(=O)N(Cc1c(Cl)cccc1Cl)c1nc(-c2cccc(CC=O)c2)cnc1N(C(=O)OC(C)(C)C)C(=O)OC(C)(C)C. The van der Waals surface area contributed by atoms with Crippen molar-refractivity contribution in [2.45, 2.75) is 92.1 Å². The Kier molecular flexibility index (Phi) is 11.6. The van der Waals surface area contributed by atoms with Crippen molar-refractivity contribution in [2.24, 2.45) is 0 Å². The van der Waals surface area contributed by atoms with E-state index in [4.69, 9.17) is 42.4 Å². The smallest absolute Gasteiger partial charge is 0.425 e. The van der Waals surface area contributed by atoms with Crippen molar-refractivity contribution in [1.29, 1.82) is 0 Å². The highest BCUT2D eigenvalue weighted by molar-refractivity contribution is 6.36. The number of benzene rings is 2. The number of nitrogens with zero attached hydrogens (tertiary/aromatic N) is 4. The summed E-state index contributed by atoms with van der Waals surface area (Å²) in [4.78, 5) is 63.6. The average Bonchev–Trinajstić information content (AvgIpc) is 2.91.